The summed E-state index contributed by atoms with van der Waals surface area (Å²) in [4.78, 5) is 14.5. The number of carbonyl (C=O) groups excluding carboxylic acids is 1. The lowest BCUT2D eigenvalue weighted by molar-refractivity contribution is -0.0228. The van der Waals surface area contributed by atoms with Crippen LogP contribution in [0.25, 0.3) is 5.65 Å². The number of morpholine rings is 1. The Kier molecular flexibility index (Phi) is 3.47. The van der Waals surface area contributed by atoms with Gasteiger partial charge in [-0.15, -0.1) is 5.10 Å². The molecule has 0 aliphatic carbocycles. The number of hydrogen-bond donors (Lipinski definition) is 0. The van der Waals surface area contributed by atoms with Gasteiger partial charge in [-0.1, -0.05) is 30.3 Å². The second-order valence-corrected chi connectivity index (χ2v) is 5.42. The van der Waals surface area contributed by atoms with E-state index < -0.39 is 0 Å². The van der Waals surface area contributed by atoms with Crippen LogP contribution in [-0.4, -0.2) is 50.5 Å². The van der Waals surface area contributed by atoms with Crippen molar-refractivity contribution >= 4 is 11.6 Å². The average Bonchev–Trinajstić information content (AvgIpc) is 3.09. The third-order valence-electron chi connectivity index (χ3n) is 3.96. The first kappa shape index (κ1) is 13.8. The van der Waals surface area contributed by atoms with Crippen LogP contribution in [0.4, 0.5) is 0 Å². The fourth-order valence-electron chi connectivity index (χ4n) is 2.75. The van der Waals surface area contributed by atoms with Crippen molar-refractivity contribution in [2.24, 2.45) is 0 Å². The minimum Gasteiger partial charge on any atom is -0.370 e. The van der Waals surface area contributed by atoms with Crippen LogP contribution in [-0.2, 0) is 4.74 Å². The quantitative estimate of drug-likeness (QED) is 0.714. The van der Waals surface area contributed by atoms with Gasteiger partial charge in [-0.2, -0.15) is 4.52 Å². The number of aromatic nitrogens is 4. The fourth-order valence-corrected chi connectivity index (χ4v) is 2.75. The summed E-state index contributed by atoms with van der Waals surface area (Å²) in [5, 5.41) is 11.3. The number of fused-ring (bicyclic) bond motifs is 1. The molecule has 116 valence electrons. The van der Waals surface area contributed by atoms with Gasteiger partial charge in [0.2, 0.25) is 0 Å². The first-order valence-electron chi connectivity index (χ1n) is 7.45. The van der Waals surface area contributed by atoms with Gasteiger partial charge in [0.15, 0.2) is 5.65 Å². The van der Waals surface area contributed by atoms with Crippen LogP contribution in [0.1, 0.15) is 22.0 Å². The number of nitrogens with zero attached hydrogens (tertiary/aromatic N) is 5. The molecule has 1 fully saturated rings. The average molecular weight is 309 g/mol. The van der Waals surface area contributed by atoms with Gasteiger partial charge in [-0.25, -0.2) is 0 Å². The molecule has 1 aliphatic rings. The van der Waals surface area contributed by atoms with E-state index in [0.29, 0.717) is 30.9 Å². The topological polar surface area (TPSA) is 72.6 Å². The lowest BCUT2D eigenvalue weighted by Gasteiger charge is -2.33. The molecule has 4 rings (SSSR count). The van der Waals surface area contributed by atoms with Crippen LogP contribution < -0.4 is 0 Å². The Labute approximate surface area is 132 Å². The number of amides is 1. The predicted octanol–water partition coefficient (Wildman–Crippen LogP) is 1.34. The van der Waals surface area contributed by atoms with Gasteiger partial charge in [0, 0.05) is 12.7 Å². The molecular weight excluding hydrogens is 294 g/mol. The summed E-state index contributed by atoms with van der Waals surface area (Å²) in [6, 6.07) is 13.5. The number of ether oxygens (including phenoxy) is 1. The zero-order chi connectivity index (χ0) is 15.6. The SMILES string of the molecule is O=C(c1ccc2nnnn2c1)N1CCO[C@H](c2ccccc2)C1. The molecule has 0 saturated carbocycles. The lowest BCUT2D eigenvalue weighted by Crippen LogP contribution is -2.42. The summed E-state index contributed by atoms with van der Waals surface area (Å²) in [7, 11) is 0. The number of pyridine rings is 1. The summed E-state index contributed by atoms with van der Waals surface area (Å²) in [6.45, 7) is 1.64. The lowest BCUT2D eigenvalue weighted by atomic mass is 10.1. The molecule has 0 bridgehead atoms. The second kappa shape index (κ2) is 5.77. The highest BCUT2D eigenvalue weighted by molar-refractivity contribution is 5.94. The third-order valence-corrected chi connectivity index (χ3v) is 3.96. The van der Waals surface area contributed by atoms with E-state index in [9.17, 15) is 4.79 Å². The number of carbonyl (C=O) groups is 1. The molecule has 1 atom stereocenters. The largest absolute Gasteiger partial charge is 0.370 e. The molecule has 7 heteroatoms. The molecule has 3 heterocycles. The number of rotatable bonds is 2. The summed E-state index contributed by atoms with van der Waals surface area (Å²) >= 11 is 0. The van der Waals surface area contributed by atoms with E-state index in [4.69, 9.17) is 4.74 Å². The molecule has 1 aliphatic heterocycles. The molecular formula is C16H15N5O2. The Bertz CT molecular complexity index is 833. The van der Waals surface area contributed by atoms with Crippen molar-refractivity contribution in [1.82, 2.24) is 24.9 Å². The van der Waals surface area contributed by atoms with Gasteiger partial charge in [0.25, 0.3) is 5.91 Å². The highest BCUT2D eigenvalue weighted by Crippen LogP contribution is 2.23. The standard InChI is InChI=1S/C16H15N5O2/c22-16(13-6-7-15-17-18-19-21(15)10-13)20-8-9-23-14(11-20)12-4-2-1-3-5-12/h1-7,10,14H,8-9,11H2/t14-/m0/s1. The first-order valence-corrected chi connectivity index (χ1v) is 7.45. The molecule has 0 spiro atoms. The van der Waals surface area contributed by atoms with Gasteiger partial charge in [0.1, 0.15) is 6.10 Å². The summed E-state index contributed by atoms with van der Waals surface area (Å²) in [5.74, 6) is -0.0355. The van der Waals surface area contributed by atoms with Crippen LogP contribution in [0.2, 0.25) is 0 Å². The number of tetrazole rings is 1. The van der Waals surface area contributed by atoms with Crippen molar-refractivity contribution in [3.8, 4) is 0 Å². The van der Waals surface area contributed by atoms with E-state index >= 15 is 0 Å². The van der Waals surface area contributed by atoms with Gasteiger partial charge < -0.3 is 9.64 Å². The van der Waals surface area contributed by atoms with Crippen molar-refractivity contribution in [2.75, 3.05) is 19.7 Å². The van der Waals surface area contributed by atoms with E-state index in [1.165, 1.54) is 4.52 Å². The van der Waals surface area contributed by atoms with Gasteiger partial charge in [-0.3, -0.25) is 4.79 Å². The second-order valence-electron chi connectivity index (χ2n) is 5.42. The Morgan fingerprint density at radius 3 is 2.91 bits per heavy atom. The minimum atomic E-state index is -0.0920. The molecule has 2 aromatic heterocycles. The van der Waals surface area contributed by atoms with E-state index in [2.05, 4.69) is 15.5 Å². The minimum absolute atomic E-state index is 0.0355. The fraction of sp³-hybridized carbons (Fsp3) is 0.250. The van der Waals surface area contributed by atoms with Crippen molar-refractivity contribution in [2.45, 2.75) is 6.10 Å². The van der Waals surface area contributed by atoms with Crippen LogP contribution in [0.15, 0.2) is 48.7 Å². The maximum absolute atomic E-state index is 12.7. The number of hydrogen-bond acceptors (Lipinski definition) is 5. The zero-order valence-corrected chi connectivity index (χ0v) is 12.4. The summed E-state index contributed by atoms with van der Waals surface area (Å²) < 4.78 is 7.31. The molecule has 1 aromatic carbocycles. The molecule has 0 unspecified atom stereocenters. The molecule has 0 N–H and O–H groups in total. The molecule has 3 aromatic rings. The molecule has 0 radical (unpaired) electrons. The van der Waals surface area contributed by atoms with E-state index in [1.54, 1.807) is 18.3 Å². The van der Waals surface area contributed by atoms with E-state index in [1.807, 2.05) is 35.2 Å². The maximum Gasteiger partial charge on any atom is 0.255 e. The Morgan fingerprint density at radius 1 is 1.17 bits per heavy atom. The molecule has 23 heavy (non-hydrogen) atoms. The van der Waals surface area contributed by atoms with Crippen molar-refractivity contribution < 1.29 is 9.53 Å². The number of benzene rings is 1. The monoisotopic (exact) mass is 309 g/mol. The van der Waals surface area contributed by atoms with E-state index in [-0.39, 0.29) is 12.0 Å². The third kappa shape index (κ3) is 2.66. The normalized spacial score (nSPS) is 18.3. The van der Waals surface area contributed by atoms with Crippen LogP contribution in [0.5, 0.6) is 0 Å². The van der Waals surface area contributed by atoms with Crippen molar-refractivity contribution in [3.05, 3.63) is 59.8 Å². The Morgan fingerprint density at radius 2 is 2.04 bits per heavy atom. The molecule has 1 saturated heterocycles. The van der Waals surface area contributed by atoms with Crippen LogP contribution >= 0.6 is 0 Å². The Balaban J connectivity index is 1.55. The highest BCUT2D eigenvalue weighted by atomic mass is 16.5. The van der Waals surface area contributed by atoms with E-state index in [0.717, 1.165) is 5.56 Å². The highest BCUT2D eigenvalue weighted by Gasteiger charge is 2.26. The Hall–Kier alpha value is -2.80. The van der Waals surface area contributed by atoms with Gasteiger partial charge in [-0.05, 0) is 28.1 Å². The van der Waals surface area contributed by atoms with Gasteiger partial charge in [0.05, 0.1) is 18.7 Å². The van der Waals surface area contributed by atoms with Crippen molar-refractivity contribution in [1.29, 1.82) is 0 Å². The smallest absolute Gasteiger partial charge is 0.255 e. The summed E-state index contributed by atoms with van der Waals surface area (Å²) in [5.41, 5.74) is 2.27. The van der Waals surface area contributed by atoms with Crippen molar-refractivity contribution in [3.63, 3.8) is 0 Å². The van der Waals surface area contributed by atoms with Crippen LogP contribution in [0, 0.1) is 0 Å². The zero-order valence-electron chi connectivity index (χ0n) is 12.4. The molecule has 1 amide bonds. The maximum atomic E-state index is 12.7. The molecule has 7 nitrogen and oxygen atoms in total. The first-order chi connectivity index (χ1) is 11.3. The predicted molar refractivity (Wildman–Crippen MR) is 81.8 cm³/mol. The summed E-state index contributed by atoms with van der Waals surface area (Å²) in [6.07, 6.45) is 1.57. The van der Waals surface area contributed by atoms with Gasteiger partial charge >= 0.3 is 0 Å². The van der Waals surface area contributed by atoms with Crippen LogP contribution in [0.3, 0.4) is 0 Å².